The molecule has 0 N–H and O–H groups in total. The quantitative estimate of drug-likeness (QED) is 0.497. The van der Waals surface area contributed by atoms with Crippen LogP contribution in [0.25, 0.3) is 0 Å². The van der Waals surface area contributed by atoms with E-state index in [-0.39, 0.29) is 11.9 Å². The molecule has 4 heteroatoms. The van der Waals surface area contributed by atoms with Crippen LogP contribution >= 0.6 is 0 Å². The largest absolute Gasteiger partial charge is 0.465 e. The Labute approximate surface area is 140 Å². The van der Waals surface area contributed by atoms with Crippen LogP contribution in [0.4, 0.5) is 0 Å². The van der Waals surface area contributed by atoms with Gasteiger partial charge in [-0.2, -0.15) is 0 Å². The van der Waals surface area contributed by atoms with E-state index in [1.54, 1.807) is 6.92 Å². The van der Waals surface area contributed by atoms with Crippen molar-refractivity contribution in [2.24, 2.45) is 23.2 Å². The van der Waals surface area contributed by atoms with Gasteiger partial charge >= 0.3 is 11.9 Å². The number of hydrogen-bond donors (Lipinski definition) is 0. The molecule has 132 valence electrons. The summed E-state index contributed by atoms with van der Waals surface area (Å²) in [6.45, 7) is 11.0. The van der Waals surface area contributed by atoms with Crippen LogP contribution < -0.4 is 0 Å². The van der Waals surface area contributed by atoms with Crippen LogP contribution in [0.5, 0.6) is 0 Å². The lowest BCUT2D eigenvalue weighted by molar-refractivity contribution is -0.166. The van der Waals surface area contributed by atoms with Crippen LogP contribution in [-0.4, -0.2) is 25.2 Å². The molecule has 2 atom stereocenters. The van der Waals surface area contributed by atoms with Gasteiger partial charge in [-0.05, 0) is 44.4 Å². The van der Waals surface area contributed by atoms with E-state index in [0.29, 0.717) is 31.5 Å². The molecular weight excluding hydrogens is 292 g/mol. The van der Waals surface area contributed by atoms with Gasteiger partial charge < -0.3 is 9.47 Å². The highest BCUT2D eigenvalue weighted by Gasteiger charge is 2.46. The van der Waals surface area contributed by atoms with Gasteiger partial charge in [0.25, 0.3) is 0 Å². The third-order valence-corrected chi connectivity index (χ3v) is 4.40. The molecule has 0 saturated heterocycles. The maximum atomic E-state index is 12.5. The van der Waals surface area contributed by atoms with Crippen molar-refractivity contribution in [2.45, 2.75) is 60.3 Å². The number of ether oxygens (including phenoxy) is 2. The predicted octanol–water partition coefficient (Wildman–Crippen LogP) is 4.14. The van der Waals surface area contributed by atoms with E-state index in [2.05, 4.69) is 27.7 Å². The van der Waals surface area contributed by atoms with Crippen molar-refractivity contribution >= 4 is 11.9 Å². The van der Waals surface area contributed by atoms with E-state index in [1.165, 1.54) is 0 Å². The van der Waals surface area contributed by atoms with Crippen molar-refractivity contribution < 1.29 is 19.1 Å². The fourth-order valence-corrected chi connectivity index (χ4v) is 2.62. The zero-order chi connectivity index (χ0) is 17.5. The Bertz CT molecular complexity index is 425. The smallest absolute Gasteiger partial charge is 0.316 e. The molecule has 1 aliphatic carbocycles. The summed E-state index contributed by atoms with van der Waals surface area (Å²) in [6, 6.07) is 0. The van der Waals surface area contributed by atoms with E-state index >= 15 is 0 Å². The average molecular weight is 324 g/mol. The molecule has 0 aromatic heterocycles. The lowest BCUT2D eigenvalue weighted by Gasteiger charge is -2.34. The fraction of sp³-hybridized carbons (Fsp3) is 0.789. The molecule has 0 heterocycles. The number of esters is 2. The molecule has 0 spiro atoms. The van der Waals surface area contributed by atoms with Crippen LogP contribution in [-0.2, 0) is 19.1 Å². The van der Waals surface area contributed by atoms with Crippen molar-refractivity contribution in [3.05, 3.63) is 12.2 Å². The highest BCUT2D eigenvalue weighted by atomic mass is 16.5. The standard InChI is InChI=1S/C19H32O4/c1-14(2)9-12-22-17(20)16-8-6-7-11-19(16,5)18(21)23-13-10-15(3)4/h7,11,14-16H,6,8-10,12-13H2,1-5H3. The zero-order valence-electron chi connectivity index (χ0n) is 15.3. The zero-order valence-corrected chi connectivity index (χ0v) is 15.3. The van der Waals surface area contributed by atoms with Gasteiger partial charge in [-0.15, -0.1) is 0 Å². The highest BCUT2D eigenvalue weighted by molar-refractivity contribution is 5.87. The molecule has 4 nitrogen and oxygen atoms in total. The van der Waals surface area contributed by atoms with Crippen LogP contribution in [0.15, 0.2) is 12.2 Å². The van der Waals surface area contributed by atoms with Gasteiger partial charge in [0.15, 0.2) is 0 Å². The van der Waals surface area contributed by atoms with E-state index in [9.17, 15) is 9.59 Å². The topological polar surface area (TPSA) is 52.6 Å². The lowest BCUT2D eigenvalue weighted by Crippen LogP contribution is -2.42. The lowest BCUT2D eigenvalue weighted by atomic mass is 9.71. The summed E-state index contributed by atoms with van der Waals surface area (Å²) < 4.78 is 10.8. The first-order valence-corrected chi connectivity index (χ1v) is 8.79. The summed E-state index contributed by atoms with van der Waals surface area (Å²) in [6.07, 6.45) is 6.87. The van der Waals surface area contributed by atoms with Crippen molar-refractivity contribution in [2.75, 3.05) is 13.2 Å². The van der Waals surface area contributed by atoms with Crippen LogP contribution in [0.3, 0.4) is 0 Å². The average Bonchev–Trinajstić information content (AvgIpc) is 2.46. The van der Waals surface area contributed by atoms with E-state index < -0.39 is 11.3 Å². The highest BCUT2D eigenvalue weighted by Crippen LogP contribution is 2.38. The summed E-state index contributed by atoms with van der Waals surface area (Å²) in [5.74, 6) is -0.0832. The molecule has 0 aromatic carbocycles. The van der Waals surface area contributed by atoms with E-state index in [4.69, 9.17) is 9.47 Å². The molecule has 0 bridgehead atoms. The summed E-state index contributed by atoms with van der Waals surface area (Å²) in [5, 5.41) is 0. The second-order valence-corrected chi connectivity index (χ2v) is 7.48. The summed E-state index contributed by atoms with van der Waals surface area (Å²) in [5.41, 5.74) is -0.913. The van der Waals surface area contributed by atoms with Gasteiger partial charge in [0, 0.05) is 0 Å². The van der Waals surface area contributed by atoms with Crippen molar-refractivity contribution in [3.8, 4) is 0 Å². The molecule has 0 fully saturated rings. The van der Waals surface area contributed by atoms with Crippen LogP contribution in [0.2, 0.25) is 0 Å². The predicted molar refractivity (Wildman–Crippen MR) is 90.8 cm³/mol. The molecule has 0 amide bonds. The first kappa shape index (κ1) is 19.7. The molecular formula is C19H32O4. The third-order valence-electron chi connectivity index (χ3n) is 4.40. The summed E-state index contributed by atoms with van der Waals surface area (Å²) in [7, 11) is 0. The van der Waals surface area contributed by atoms with E-state index in [0.717, 1.165) is 19.3 Å². The van der Waals surface area contributed by atoms with E-state index in [1.807, 2.05) is 12.2 Å². The molecule has 2 unspecified atom stereocenters. The Hall–Kier alpha value is -1.32. The molecule has 23 heavy (non-hydrogen) atoms. The van der Waals surface area contributed by atoms with Gasteiger partial charge in [0.2, 0.25) is 0 Å². The summed E-state index contributed by atoms with van der Waals surface area (Å²) in [4.78, 5) is 24.9. The fourth-order valence-electron chi connectivity index (χ4n) is 2.62. The second-order valence-electron chi connectivity index (χ2n) is 7.48. The van der Waals surface area contributed by atoms with Crippen molar-refractivity contribution in [3.63, 3.8) is 0 Å². The van der Waals surface area contributed by atoms with Gasteiger partial charge in [0.05, 0.1) is 24.5 Å². The Morgan fingerprint density at radius 3 is 2.22 bits per heavy atom. The van der Waals surface area contributed by atoms with Gasteiger partial charge in [-0.1, -0.05) is 39.8 Å². The number of carbonyl (C=O) groups is 2. The first-order valence-electron chi connectivity index (χ1n) is 8.79. The van der Waals surface area contributed by atoms with Gasteiger partial charge in [0.1, 0.15) is 0 Å². The molecule has 0 aliphatic heterocycles. The Balaban J connectivity index is 2.67. The number of allylic oxidation sites excluding steroid dienone is 1. The number of rotatable bonds is 8. The Morgan fingerprint density at radius 1 is 1.09 bits per heavy atom. The molecule has 0 radical (unpaired) electrons. The van der Waals surface area contributed by atoms with Crippen LogP contribution in [0, 0.1) is 23.2 Å². The number of hydrogen-bond acceptors (Lipinski definition) is 4. The molecule has 1 rings (SSSR count). The normalized spacial score (nSPS) is 24.0. The van der Waals surface area contributed by atoms with Crippen molar-refractivity contribution in [1.29, 1.82) is 0 Å². The Morgan fingerprint density at radius 2 is 1.65 bits per heavy atom. The maximum Gasteiger partial charge on any atom is 0.316 e. The number of carbonyl (C=O) groups excluding carboxylic acids is 2. The minimum Gasteiger partial charge on any atom is -0.465 e. The monoisotopic (exact) mass is 324 g/mol. The minimum atomic E-state index is -0.913. The van der Waals surface area contributed by atoms with Crippen molar-refractivity contribution in [1.82, 2.24) is 0 Å². The molecule has 1 aliphatic rings. The SMILES string of the molecule is CC(C)CCOC(=O)C1CCC=CC1(C)C(=O)OCCC(C)C. The Kier molecular flexibility index (Phi) is 7.80. The summed E-state index contributed by atoms with van der Waals surface area (Å²) >= 11 is 0. The third kappa shape index (κ3) is 6.00. The van der Waals surface area contributed by atoms with Gasteiger partial charge in [-0.25, -0.2) is 0 Å². The molecule has 0 saturated carbocycles. The van der Waals surface area contributed by atoms with Gasteiger partial charge in [-0.3, -0.25) is 9.59 Å². The maximum absolute atomic E-state index is 12.5. The second kappa shape index (κ2) is 9.09. The first-order chi connectivity index (χ1) is 10.8. The van der Waals surface area contributed by atoms with Crippen LogP contribution in [0.1, 0.15) is 60.3 Å². The molecule has 0 aromatic rings. The minimum absolute atomic E-state index is 0.279.